The van der Waals surface area contributed by atoms with E-state index in [9.17, 15) is 9.90 Å². The van der Waals surface area contributed by atoms with Gasteiger partial charge in [-0.1, -0.05) is 19.9 Å². The Bertz CT molecular complexity index is 588. The van der Waals surface area contributed by atoms with Gasteiger partial charge in [-0.3, -0.25) is 0 Å². The summed E-state index contributed by atoms with van der Waals surface area (Å²) in [6, 6.07) is 8.11. The van der Waals surface area contributed by atoms with E-state index >= 15 is 0 Å². The molecule has 2 aromatic rings. The van der Waals surface area contributed by atoms with Crippen molar-refractivity contribution in [1.82, 2.24) is 9.78 Å². The standard InChI is InChI=1S/C13H14N2O3/c1-8(2)12-7-11(13(17)18)14-15(12)9-4-3-5-10(16)6-9/h3-8,16H,1-2H3,(H,17,18). The summed E-state index contributed by atoms with van der Waals surface area (Å²) in [6.45, 7) is 3.92. The quantitative estimate of drug-likeness (QED) is 0.872. The van der Waals surface area contributed by atoms with Crippen molar-refractivity contribution in [3.05, 3.63) is 41.7 Å². The lowest BCUT2D eigenvalue weighted by Crippen LogP contribution is -2.04. The van der Waals surface area contributed by atoms with Crippen molar-refractivity contribution in [2.24, 2.45) is 0 Å². The highest BCUT2D eigenvalue weighted by atomic mass is 16.4. The predicted octanol–water partition coefficient (Wildman–Crippen LogP) is 2.40. The second kappa shape index (κ2) is 4.52. The summed E-state index contributed by atoms with van der Waals surface area (Å²) < 4.78 is 1.55. The molecule has 94 valence electrons. The molecular formula is C13H14N2O3. The zero-order valence-electron chi connectivity index (χ0n) is 10.2. The lowest BCUT2D eigenvalue weighted by atomic mass is 10.1. The molecule has 1 aromatic heterocycles. The van der Waals surface area contributed by atoms with Gasteiger partial charge in [-0.25, -0.2) is 9.48 Å². The number of aromatic carboxylic acids is 1. The monoisotopic (exact) mass is 246 g/mol. The minimum atomic E-state index is -1.06. The number of rotatable bonds is 3. The van der Waals surface area contributed by atoms with Gasteiger partial charge in [0.25, 0.3) is 0 Å². The molecule has 1 heterocycles. The average Bonchev–Trinajstić information content (AvgIpc) is 2.73. The van der Waals surface area contributed by atoms with Crippen LogP contribution in [0.4, 0.5) is 0 Å². The van der Waals surface area contributed by atoms with E-state index in [0.29, 0.717) is 5.69 Å². The second-order valence-corrected chi connectivity index (χ2v) is 4.35. The van der Waals surface area contributed by atoms with Crippen LogP contribution in [-0.4, -0.2) is 26.0 Å². The van der Waals surface area contributed by atoms with Crippen LogP contribution in [0.1, 0.15) is 35.9 Å². The van der Waals surface area contributed by atoms with Gasteiger partial charge in [-0.15, -0.1) is 0 Å². The van der Waals surface area contributed by atoms with E-state index in [1.807, 2.05) is 13.8 Å². The Morgan fingerprint density at radius 2 is 2.06 bits per heavy atom. The fourth-order valence-electron chi connectivity index (χ4n) is 1.74. The smallest absolute Gasteiger partial charge is 0.356 e. The van der Waals surface area contributed by atoms with E-state index in [1.54, 1.807) is 35.0 Å². The second-order valence-electron chi connectivity index (χ2n) is 4.35. The summed E-state index contributed by atoms with van der Waals surface area (Å²) in [7, 11) is 0. The molecule has 0 aliphatic heterocycles. The third kappa shape index (κ3) is 2.20. The molecule has 0 spiro atoms. The molecule has 0 unspecified atom stereocenters. The summed E-state index contributed by atoms with van der Waals surface area (Å²) in [5.41, 5.74) is 1.44. The maximum atomic E-state index is 11.0. The molecule has 0 bridgehead atoms. The number of hydrogen-bond donors (Lipinski definition) is 2. The summed E-state index contributed by atoms with van der Waals surface area (Å²) in [4.78, 5) is 11.0. The lowest BCUT2D eigenvalue weighted by molar-refractivity contribution is 0.0690. The fourth-order valence-corrected chi connectivity index (χ4v) is 1.74. The summed E-state index contributed by atoms with van der Waals surface area (Å²) in [5.74, 6) is -0.807. The largest absolute Gasteiger partial charge is 0.508 e. The van der Waals surface area contributed by atoms with Crippen LogP contribution in [0.25, 0.3) is 5.69 Å². The average molecular weight is 246 g/mol. The Morgan fingerprint density at radius 1 is 1.33 bits per heavy atom. The molecule has 0 radical (unpaired) electrons. The van der Waals surface area contributed by atoms with Gasteiger partial charge in [-0.2, -0.15) is 5.10 Å². The molecule has 0 saturated heterocycles. The molecule has 0 saturated carbocycles. The van der Waals surface area contributed by atoms with Crippen LogP contribution in [0.15, 0.2) is 30.3 Å². The van der Waals surface area contributed by atoms with Crippen molar-refractivity contribution < 1.29 is 15.0 Å². The summed E-state index contributed by atoms with van der Waals surface area (Å²) in [6.07, 6.45) is 0. The van der Waals surface area contributed by atoms with Crippen molar-refractivity contribution in [2.75, 3.05) is 0 Å². The highest BCUT2D eigenvalue weighted by molar-refractivity contribution is 5.85. The van der Waals surface area contributed by atoms with Crippen LogP contribution in [0, 0.1) is 0 Å². The van der Waals surface area contributed by atoms with Gasteiger partial charge in [-0.05, 0) is 24.1 Å². The molecule has 5 nitrogen and oxygen atoms in total. The molecule has 2 rings (SSSR count). The van der Waals surface area contributed by atoms with Crippen LogP contribution in [-0.2, 0) is 0 Å². The van der Waals surface area contributed by atoms with Gasteiger partial charge in [0.05, 0.1) is 5.69 Å². The number of aromatic nitrogens is 2. The van der Waals surface area contributed by atoms with Crippen LogP contribution in [0.2, 0.25) is 0 Å². The number of benzene rings is 1. The van der Waals surface area contributed by atoms with Gasteiger partial charge in [0.2, 0.25) is 0 Å². The first kappa shape index (κ1) is 12.2. The minimum absolute atomic E-state index is 0.00189. The molecule has 0 fully saturated rings. The number of hydrogen-bond acceptors (Lipinski definition) is 3. The third-order valence-electron chi connectivity index (χ3n) is 2.62. The molecule has 0 aliphatic carbocycles. The Hall–Kier alpha value is -2.30. The van der Waals surface area contributed by atoms with E-state index in [4.69, 9.17) is 5.11 Å². The van der Waals surface area contributed by atoms with Crippen molar-refractivity contribution in [3.8, 4) is 11.4 Å². The predicted molar refractivity (Wildman–Crippen MR) is 66.3 cm³/mol. The Morgan fingerprint density at radius 3 is 2.61 bits per heavy atom. The highest BCUT2D eigenvalue weighted by Crippen LogP contribution is 2.22. The number of phenolic OH excluding ortho intramolecular Hbond substituents is 1. The fraction of sp³-hybridized carbons (Fsp3) is 0.231. The summed E-state index contributed by atoms with van der Waals surface area (Å²) in [5, 5.41) is 22.5. The van der Waals surface area contributed by atoms with E-state index in [0.717, 1.165) is 5.69 Å². The molecule has 0 atom stereocenters. The van der Waals surface area contributed by atoms with Crippen LogP contribution < -0.4 is 0 Å². The Kier molecular flexibility index (Phi) is 3.06. The van der Waals surface area contributed by atoms with Gasteiger partial charge < -0.3 is 10.2 Å². The molecule has 5 heteroatoms. The normalized spacial score (nSPS) is 10.8. The first-order chi connectivity index (χ1) is 8.49. The topological polar surface area (TPSA) is 75.3 Å². The van der Waals surface area contributed by atoms with Crippen LogP contribution in [0.3, 0.4) is 0 Å². The van der Waals surface area contributed by atoms with Gasteiger partial charge in [0.15, 0.2) is 5.69 Å². The maximum Gasteiger partial charge on any atom is 0.356 e. The van der Waals surface area contributed by atoms with Crippen LogP contribution in [0.5, 0.6) is 5.75 Å². The first-order valence-corrected chi connectivity index (χ1v) is 5.61. The van der Waals surface area contributed by atoms with Gasteiger partial charge in [0.1, 0.15) is 5.75 Å². The first-order valence-electron chi connectivity index (χ1n) is 5.61. The number of carbonyl (C=O) groups is 1. The minimum Gasteiger partial charge on any atom is -0.508 e. The van der Waals surface area contributed by atoms with Crippen molar-refractivity contribution in [1.29, 1.82) is 0 Å². The van der Waals surface area contributed by atoms with E-state index in [-0.39, 0.29) is 17.4 Å². The maximum absolute atomic E-state index is 11.0. The zero-order chi connectivity index (χ0) is 13.3. The van der Waals surface area contributed by atoms with Gasteiger partial charge >= 0.3 is 5.97 Å². The molecule has 2 N–H and O–H groups in total. The number of carboxylic acids is 1. The van der Waals surface area contributed by atoms with Crippen molar-refractivity contribution in [3.63, 3.8) is 0 Å². The zero-order valence-corrected chi connectivity index (χ0v) is 10.2. The van der Waals surface area contributed by atoms with E-state index in [2.05, 4.69) is 5.10 Å². The molecule has 1 aromatic carbocycles. The van der Waals surface area contributed by atoms with E-state index < -0.39 is 5.97 Å². The van der Waals surface area contributed by atoms with Crippen molar-refractivity contribution >= 4 is 5.97 Å². The van der Waals surface area contributed by atoms with Crippen LogP contribution >= 0.6 is 0 Å². The number of aromatic hydroxyl groups is 1. The SMILES string of the molecule is CC(C)c1cc(C(=O)O)nn1-c1cccc(O)c1. The number of carboxylic acid groups (broad SMARTS) is 1. The molecule has 0 amide bonds. The number of nitrogens with zero attached hydrogens (tertiary/aromatic N) is 2. The Labute approximate surface area is 104 Å². The highest BCUT2D eigenvalue weighted by Gasteiger charge is 2.16. The molecular weight excluding hydrogens is 232 g/mol. The Balaban J connectivity index is 2.58. The van der Waals surface area contributed by atoms with Crippen molar-refractivity contribution in [2.45, 2.75) is 19.8 Å². The van der Waals surface area contributed by atoms with E-state index in [1.165, 1.54) is 0 Å². The molecule has 0 aliphatic rings. The lowest BCUT2D eigenvalue weighted by Gasteiger charge is -2.09. The van der Waals surface area contributed by atoms with Gasteiger partial charge in [0, 0.05) is 11.8 Å². The third-order valence-corrected chi connectivity index (χ3v) is 2.62. The summed E-state index contributed by atoms with van der Waals surface area (Å²) >= 11 is 0. The molecule has 18 heavy (non-hydrogen) atoms. The number of phenols is 1.